The second-order valence-electron chi connectivity index (χ2n) is 4.02. The third-order valence-corrected chi connectivity index (χ3v) is 3.76. The summed E-state index contributed by atoms with van der Waals surface area (Å²) >= 11 is 1.65. The van der Waals surface area contributed by atoms with Crippen molar-refractivity contribution in [2.75, 3.05) is 0 Å². The molecule has 1 saturated carbocycles. The molecule has 0 unspecified atom stereocenters. The molecule has 2 rings (SSSR count). The largest absolute Gasteiger partial charge is 0.385 e. The molecule has 1 aliphatic rings. The number of aliphatic hydroxyl groups is 1. The molecule has 0 bridgehead atoms. The maximum atomic E-state index is 11.1. The second kappa shape index (κ2) is 3.48. The molecular formula is C11H14O2S. The number of Topliss-reactive ketones (excluding diaryl/α,β-unsaturated/α-hetero) is 1. The van der Waals surface area contributed by atoms with E-state index in [0.717, 1.165) is 5.56 Å². The fraction of sp³-hybridized carbons (Fsp3) is 0.545. The molecule has 0 atom stereocenters. The number of carbonyl (C=O) groups is 1. The van der Waals surface area contributed by atoms with Gasteiger partial charge in [0.15, 0.2) is 0 Å². The summed E-state index contributed by atoms with van der Waals surface area (Å²) in [6.45, 7) is 2.03. The molecule has 0 radical (unpaired) electrons. The number of ketones is 1. The van der Waals surface area contributed by atoms with Gasteiger partial charge in [-0.25, -0.2) is 0 Å². The summed E-state index contributed by atoms with van der Waals surface area (Å²) in [5, 5.41) is 12.3. The van der Waals surface area contributed by atoms with Crippen LogP contribution in [0.15, 0.2) is 11.4 Å². The van der Waals surface area contributed by atoms with Crippen LogP contribution in [0.25, 0.3) is 0 Å². The van der Waals surface area contributed by atoms with Gasteiger partial charge in [-0.05, 0) is 36.8 Å². The van der Waals surface area contributed by atoms with Crippen LogP contribution in [0.5, 0.6) is 0 Å². The van der Waals surface area contributed by atoms with Crippen LogP contribution in [0.4, 0.5) is 0 Å². The normalized spacial score (nSPS) is 21.1. The van der Waals surface area contributed by atoms with Crippen molar-refractivity contribution >= 4 is 17.1 Å². The lowest BCUT2D eigenvalue weighted by atomic mass is 9.80. The lowest BCUT2D eigenvalue weighted by molar-refractivity contribution is -0.125. The van der Waals surface area contributed by atoms with Gasteiger partial charge >= 0.3 is 0 Å². The molecule has 2 nitrogen and oxygen atoms in total. The Morgan fingerprint density at radius 1 is 1.43 bits per heavy atom. The highest BCUT2D eigenvalue weighted by molar-refractivity contribution is 7.10. The zero-order valence-electron chi connectivity index (χ0n) is 8.25. The second-order valence-corrected chi connectivity index (χ2v) is 5.13. The molecular weight excluding hydrogens is 196 g/mol. The zero-order chi connectivity index (χ0) is 10.2. The van der Waals surface area contributed by atoms with Gasteiger partial charge in [0.25, 0.3) is 0 Å². The van der Waals surface area contributed by atoms with Gasteiger partial charge in [-0.1, -0.05) is 0 Å². The minimum Gasteiger partial charge on any atom is -0.385 e. The monoisotopic (exact) mass is 210 g/mol. The molecule has 1 heterocycles. The van der Waals surface area contributed by atoms with Crippen molar-refractivity contribution in [3.05, 3.63) is 21.9 Å². The zero-order valence-corrected chi connectivity index (χ0v) is 9.06. The number of thiophene rings is 1. The molecule has 0 aromatic carbocycles. The molecule has 1 N–H and O–H groups in total. The lowest BCUT2D eigenvalue weighted by Crippen LogP contribution is -2.31. The topological polar surface area (TPSA) is 37.3 Å². The van der Waals surface area contributed by atoms with Crippen LogP contribution in [0.2, 0.25) is 0 Å². The van der Waals surface area contributed by atoms with Crippen molar-refractivity contribution in [1.29, 1.82) is 0 Å². The van der Waals surface area contributed by atoms with Gasteiger partial charge in [-0.15, -0.1) is 11.3 Å². The fourth-order valence-corrected chi connectivity index (χ4v) is 2.71. The highest BCUT2D eigenvalue weighted by Gasteiger charge is 2.34. The Kier molecular flexibility index (Phi) is 2.45. The highest BCUT2D eigenvalue weighted by atomic mass is 32.1. The molecule has 76 valence electrons. The van der Waals surface area contributed by atoms with Crippen molar-refractivity contribution < 1.29 is 9.90 Å². The third-order valence-electron chi connectivity index (χ3n) is 2.90. The summed E-state index contributed by atoms with van der Waals surface area (Å²) in [5.74, 6) is 0.279. The quantitative estimate of drug-likeness (QED) is 0.772. The molecule has 1 aliphatic carbocycles. The van der Waals surface area contributed by atoms with E-state index in [0.29, 0.717) is 25.7 Å². The SMILES string of the molecule is Cc1cc(C2(O)CCC(=O)CC2)cs1. The van der Waals surface area contributed by atoms with E-state index in [4.69, 9.17) is 0 Å². The van der Waals surface area contributed by atoms with Gasteiger partial charge < -0.3 is 5.11 Å². The number of hydrogen-bond acceptors (Lipinski definition) is 3. The van der Waals surface area contributed by atoms with E-state index in [1.165, 1.54) is 4.88 Å². The van der Waals surface area contributed by atoms with Crippen molar-refractivity contribution in [3.8, 4) is 0 Å². The van der Waals surface area contributed by atoms with Crippen molar-refractivity contribution in [1.82, 2.24) is 0 Å². The Morgan fingerprint density at radius 3 is 2.57 bits per heavy atom. The number of rotatable bonds is 1. The summed E-state index contributed by atoms with van der Waals surface area (Å²) in [6, 6.07) is 2.03. The summed E-state index contributed by atoms with van der Waals surface area (Å²) < 4.78 is 0. The van der Waals surface area contributed by atoms with Crippen LogP contribution in [0, 0.1) is 6.92 Å². The van der Waals surface area contributed by atoms with Crippen LogP contribution in [-0.4, -0.2) is 10.9 Å². The molecule has 0 aliphatic heterocycles. The van der Waals surface area contributed by atoms with E-state index in [9.17, 15) is 9.90 Å². The number of carbonyl (C=O) groups excluding carboxylic acids is 1. The van der Waals surface area contributed by atoms with E-state index < -0.39 is 5.60 Å². The fourth-order valence-electron chi connectivity index (χ4n) is 1.92. The first-order valence-corrected chi connectivity index (χ1v) is 5.78. The predicted molar refractivity (Wildman–Crippen MR) is 56.4 cm³/mol. The van der Waals surface area contributed by atoms with E-state index in [1.54, 1.807) is 11.3 Å². The van der Waals surface area contributed by atoms with Crippen LogP contribution in [0.3, 0.4) is 0 Å². The van der Waals surface area contributed by atoms with Gasteiger partial charge in [0.1, 0.15) is 5.78 Å². The molecule has 0 spiro atoms. The molecule has 1 aromatic rings. The molecule has 14 heavy (non-hydrogen) atoms. The molecule has 1 aromatic heterocycles. The van der Waals surface area contributed by atoms with E-state index in [1.807, 2.05) is 18.4 Å². The summed E-state index contributed by atoms with van der Waals surface area (Å²) in [5.41, 5.74) is 0.256. The van der Waals surface area contributed by atoms with E-state index in [2.05, 4.69) is 0 Å². The Bertz CT molecular complexity index is 344. The average molecular weight is 210 g/mol. The van der Waals surface area contributed by atoms with Crippen LogP contribution >= 0.6 is 11.3 Å². The van der Waals surface area contributed by atoms with E-state index in [-0.39, 0.29) is 5.78 Å². The minimum atomic E-state index is -0.737. The Hall–Kier alpha value is -0.670. The molecule has 1 fully saturated rings. The van der Waals surface area contributed by atoms with E-state index >= 15 is 0 Å². The van der Waals surface area contributed by atoms with Crippen molar-refractivity contribution in [2.24, 2.45) is 0 Å². The molecule has 0 saturated heterocycles. The maximum Gasteiger partial charge on any atom is 0.133 e. The van der Waals surface area contributed by atoms with Gasteiger partial charge in [0.2, 0.25) is 0 Å². The van der Waals surface area contributed by atoms with Crippen molar-refractivity contribution in [2.45, 2.75) is 38.2 Å². The Morgan fingerprint density at radius 2 is 2.07 bits per heavy atom. The predicted octanol–water partition coefficient (Wildman–Crippen LogP) is 2.39. The summed E-state index contributed by atoms with van der Waals surface area (Å²) in [4.78, 5) is 12.3. The van der Waals surface area contributed by atoms with Gasteiger partial charge in [-0.3, -0.25) is 4.79 Å². The summed E-state index contributed by atoms with van der Waals surface area (Å²) in [6.07, 6.45) is 2.21. The average Bonchev–Trinajstić information content (AvgIpc) is 2.58. The van der Waals surface area contributed by atoms with Crippen LogP contribution in [0.1, 0.15) is 36.1 Å². The first kappa shape index (κ1) is 9.87. The van der Waals surface area contributed by atoms with Crippen LogP contribution in [-0.2, 0) is 10.4 Å². The molecule has 3 heteroatoms. The molecule has 0 amide bonds. The number of hydrogen-bond donors (Lipinski definition) is 1. The first-order chi connectivity index (χ1) is 6.60. The Labute approximate surface area is 87.6 Å². The van der Waals surface area contributed by atoms with Gasteiger partial charge in [0, 0.05) is 17.7 Å². The minimum absolute atomic E-state index is 0.279. The summed E-state index contributed by atoms with van der Waals surface area (Å²) in [7, 11) is 0. The highest BCUT2D eigenvalue weighted by Crippen LogP contribution is 2.37. The lowest BCUT2D eigenvalue weighted by Gasteiger charge is -2.30. The van der Waals surface area contributed by atoms with Gasteiger partial charge in [-0.2, -0.15) is 0 Å². The maximum absolute atomic E-state index is 11.1. The van der Waals surface area contributed by atoms with Crippen molar-refractivity contribution in [3.63, 3.8) is 0 Å². The third kappa shape index (κ3) is 1.74. The van der Waals surface area contributed by atoms with Crippen LogP contribution < -0.4 is 0 Å². The Balaban J connectivity index is 2.20. The van der Waals surface area contributed by atoms with Gasteiger partial charge in [0.05, 0.1) is 5.60 Å². The smallest absolute Gasteiger partial charge is 0.133 e. The standard InChI is InChI=1S/C11H14O2S/c1-8-6-9(7-14-8)11(13)4-2-10(12)3-5-11/h6-7,13H,2-5H2,1H3. The first-order valence-electron chi connectivity index (χ1n) is 4.90. The number of aryl methyl sites for hydroxylation is 1.